The lowest BCUT2D eigenvalue weighted by atomic mass is 10.2. The second-order valence-corrected chi connectivity index (χ2v) is 5.95. The number of amides is 1. The lowest BCUT2D eigenvalue weighted by Gasteiger charge is -2.07. The first-order valence-electron chi connectivity index (χ1n) is 5.04. The maximum Gasteiger partial charge on any atom is 0.435 e. The minimum Gasteiger partial charge on any atom is -0.368 e. The van der Waals surface area contributed by atoms with Gasteiger partial charge in [-0.15, -0.1) is 0 Å². The third-order valence-corrected chi connectivity index (χ3v) is 3.93. The van der Waals surface area contributed by atoms with Gasteiger partial charge in [0.05, 0.1) is 0 Å². The van der Waals surface area contributed by atoms with Gasteiger partial charge in [-0.1, -0.05) is 11.3 Å². The van der Waals surface area contributed by atoms with Crippen LogP contribution in [0, 0.1) is 0 Å². The van der Waals surface area contributed by atoms with E-state index in [0.717, 1.165) is 17.8 Å². The van der Waals surface area contributed by atoms with Gasteiger partial charge < -0.3 is 4.74 Å². The molecule has 1 saturated heterocycles. The van der Waals surface area contributed by atoms with Gasteiger partial charge in [-0.3, -0.25) is 10.1 Å². The zero-order valence-electron chi connectivity index (χ0n) is 8.88. The average molecular weight is 345 g/mol. The Balaban J connectivity index is 2.08. The van der Waals surface area contributed by atoms with Gasteiger partial charge in [0.25, 0.3) is 5.91 Å². The van der Waals surface area contributed by atoms with Crippen molar-refractivity contribution in [2.45, 2.75) is 25.1 Å². The number of aromatic nitrogens is 1. The number of ether oxygens (including phenoxy) is 1. The van der Waals surface area contributed by atoms with Crippen LogP contribution in [0.5, 0.6) is 0 Å². The molecular weight excluding hydrogens is 337 g/mol. The van der Waals surface area contributed by atoms with Crippen LogP contribution in [0.15, 0.2) is 3.79 Å². The molecule has 1 amide bonds. The smallest absolute Gasteiger partial charge is 0.368 e. The molecule has 1 fully saturated rings. The Morgan fingerprint density at radius 2 is 2.28 bits per heavy atom. The monoisotopic (exact) mass is 344 g/mol. The number of hydrogen-bond acceptors (Lipinski definition) is 4. The van der Waals surface area contributed by atoms with Gasteiger partial charge >= 0.3 is 6.18 Å². The van der Waals surface area contributed by atoms with Crippen LogP contribution in [0.4, 0.5) is 18.3 Å². The fourth-order valence-electron chi connectivity index (χ4n) is 1.50. The number of carbonyl (C=O) groups is 1. The van der Waals surface area contributed by atoms with E-state index in [9.17, 15) is 18.0 Å². The maximum atomic E-state index is 12.5. The molecule has 18 heavy (non-hydrogen) atoms. The highest BCUT2D eigenvalue weighted by molar-refractivity contribution is 9.11. The minimum absolute atomic E-state index is 0.0882. The van der Waals surface area contributed by atoms with Gasteiger partial charge in [0.1, 0.15) is 9.89 Å². The molecule has 9 heteroatoms. The van der Waals surface area contributed by atoms with Gasteiger partial charge in [-0.2, -0.15) is 13.2 Å². The standard InChI is InChI=1S/C9H8BrF3N2O2S/c10-6-5(9(11,12)13)14-8(18-6)15-7(16)4-2-1-3-17-4/h4H,1-3H2,(H,14,15,16)/t4-/m1/s1. The van der Waals surface area contributed by atoms with Gasteiger partial charge in [0.15, 0.2) is 10.8 Å². The van der Waals surface area contributed by atoms with E-state index in [0.29, 0.717) is 13.0 Å². The lowest BCUT2D eigenvalue weighted by molar-refractivity contribution is -0.141. The number of carbonyl (C=O) groups excluding carboxylic acids is 1. The number of nitrogens with one attached hydrogen (secondary N) is 1. The zero-order chi connectivity index (χ0) is 13.3. The second-order valence-electron chi connectivity index (χ2n) is 3.63. The molecule has 1 aromatic heterocycles. The third-order valence-electron chi connectivity index (χ3n) is 2.31. The van der Waals surface area contributed by atoms with Crippen molar-refractivity contribution in [3.63, 3.8) is 0 Å². The molecule has 1 aromatic rings. The molecule has 1 aliphatic heterocycles. The molecular formula is C9H8BrF3N2O2S. The molecule has 0 spiro atoms. The molecule has 0 saturated carbocycles. The normalized spacial score (nSPS) is 20.1. The number of nitrogens with zero attached hydrogens (tertiary/aromatic N) is 1. The van der Waals surface area contributed by atoms with Crippen LogP contribution in [0.25, 0.3) is 0 Å². The Labute approximate surface area is 113 Å². The summed E-state index contributed by atoms with van der Waals surface area (Å²) in [7, 11) is 0. The van der Waals surface area contributed by atoms with Crippen LogP contribution in [0.1, 0.15) is 18.5 Å². The topological polar surface area (TPSA) is 51.2 Å². The van der Waals surface area contributed by atoms with Crippen molar-refractivity contribution in [1.82, 2.24) is 4.98 Å². The molecule has 1 aliphatic rings. The highest BCUT2D eigenvalue weighted by Crippen LogP contribution is 2.39. The van der Waals surface area contributed by atoms with E-state index < -0.39 is 23.9 Å². The van der Waals surface area contributed by atoms with E-state index in [1.165, 1.54) is 0 Å². The average Bonchev–Trinajstić information content (AvgIpc) is 2.85. The summed E-state index contributed by atoms with van der Waals surface area (Å²) in [5.41, 5.74) is -1.03. The predicted octanol–water partition coefficient (Wildman–Crippen LogP) is 3.04. The number of rotatable bonds is 2. The first-order valence-corrected chi connectivity index (χ1v) is 6.65. The van der Waals surface area contributed by atoms with Crippen LogP contribution in [0.3, 0.4) is 0 Å². The summed E-state index contributed by atoms with van der Waals surface area (Å²) < 4.78 is 42.4. The van der Waals surface area contributed by atoms with E-state index in [1.54, 1.807) is 0 Å². The molecule has 100 valence electrons. The summed E-state index contributed by atoms with van der Waals surface area (Å²) in [4.78, 5) is 15.0. The molecule has 0 bridgehead atoms. The summed E-state index contributed by atoms with van der Waals surface area (Å²) in [6, 6.07) is 0. The number of halogens is 4. The summed E-state index contributed by atoms with van der Waals surface area (Å²) in [6.45, 7) is 0.494. The molecule has 2 heterocycles. The maximum absolute atomic E-state index is 12.5. The Bertz CT molecular complexity index is 457. The summed E-state index contributed by atoms with van der Waals surface area (Å²) in [5.74, 6) is -0.456. The Morgan fingerprint density at radius 3 is 2.78 bits per heavy atom. The van der Waals surface area contributed by atoms with Gasteiger partial charge in [0.2, 0.25) is 0 Å². The fourth-order valence-corrected chi connectivity index (χ4v) is 2.99. The number of alkyl halides is 3. The molecule has 0 aromatic carbocycles. The van der Waals surface area contributed by atoms with Crippen LogP contribution < -0.4 is 5.32 Å². The largest absolute Gasteiger partial charge is 0.435 e. The van der Waals surface area contributed by atoms with E-state index in [1.807, 2.05) is 0 Å². The Hall–Kier alpha value is -0.670. The molecule has 1 N–H and O–H groups in total. The van der Waals surface area contributed by atoms with E-state index >= 15 is 0 Å². The van der Waals surface area contributed by atoms with Gasteiger partial charge in [-0.25, -0.2) is 4.98 Å². The van der Waals surface area contributed by atoms with Crippen LogP contribution in [-0.4, -0.2) is 23.6 Å². The lowest BCUT2D eigenvalue weighted by Crippen LogP contribution is -2.26. The van der Waals surface area contributed by atoms with Crippen molar-refractivity contribution in [3.05, 3.63) is 9.48 Å². The van der Waals surface area contributed by atoms with Gasteiger partial charge in [0, 0.05) is 6.61 Å². The second kappa shape index (κ2) is 5.14. The van der Waals surface area contributed by atoms with Crippen molar-refractivity contribution in [2.75, 3.05) is 11.9 Å². The Morgan fingerprint density at radius 1 is 1.56 bits per heavy atom. The fraction of sp³-hybridized carbons (Fsp3) is 0.556. The first kappa shape index (κ1) is 13.8. The van der Waals surface area contributed by atoms with Crippen molar-refractivity contribution in [3.8, 4) is 0 Å². The van der Waals surface area contributed by atoms with E-state index in [4.69, 9.17) is 4.74 Å². The molecule has 0 radical (unpaired) electrons. The number of thiazole rings is 1. The predicted molar refractivity (Wildman–Crippen MR) is 62.4 cm³/mol. The molecule has 0 aliphatic carbocycles. The first-order chi connectivity index (χ1) is 8.38. The van der Waals surface area contributed by atoms with Crippen molar-refractivity contribution in [2.24, 2.45) is 0 Å². The molecule has 1 atom stereocenters. The SMILES string of the molecule is O=C(Nc1nc(C(F)(F)F)c(Br)s1)[C@H]1CCCO1. The molecule has 4 nitrogen and oxygen atoms in total. The number of anilines is 1. The third kappa shape index (κ3) is 3.01. The summed E-state index contributed by atoms with van der Waals surface area (Å²) in [5, 5.41) is 2.24. The summed E-state index contributed by atoms with van der Waals surface area (Å²) in [6.07, 6.45) is -3.79. The molecule has 0 unspecified atom stereocenters. The van der Waals surface area contributed by atoms with Crippen molar-refractivity contribution < 1.29 is 22.7 Å². The van der Waals surface area contributed by atoms with Gasteiger partial charge in [-0.05, 0) is 28.8 Å². The number of hydrogen-bond donors (Lipinski definition) is 1. The minimum atomic E-state index is -4.54. The highest BCUT2D eigenvalue weighted by Gasteiger charge is 2.37. The highest BCUT2D eigenvalue weighted by atomic mass is 79.9. The van der Waals surface area contributed by atoms with E-state index in [-0.39, 0.29) is 8.92 Å². The quantitative estimate of drug-likeness (QED) is 0.897. The Kier molecular flexibility index (Phi) is 3.93. The van der Waals surface area contributed by atoms with Crippen molar-refractivity contribution >= 4 is 38.3 Å². The van der Waals surface area contributed by atoms with Crippen LogP contribution in [-0.2, 0) is 15.7 Å². The van der Waals surface area contributed by atoms with Crippen LogP contribution in [0.2, 0.25) is 0 Å². The van der Waals surface area contributed by atoms with Crippen LogP contribution >= 0.6 is 27.3 Å². The van der Waals surface area contributed by atoms with E-state index in [2.05, 4.69) is 26.2 Å². The van der Waals surface area contributed by atoms with Crippen molar-refractivity contribution in [1.29, 1.82) is 0 Å². The zero-order valence-corrected chi connectivity index (χ0v) is 11.3. The summed E-state index contributed by atoms with van der Waals surface area (Å²) >= 11 is 3.51. The molecule has 2 rings (SSSR count).